The third-order valence-corrected chi connectivity index (χ3v) is 11.4. The van der Waals surface area contributed by atoms with Crippen molar-refractivity contribution in [2.75, 3.05) is 51.7 Å². The zero-order valence-corrected chi connectivity index (χ0v) is 26.1. The molecule has 2 aliphatic rings. The molecule has 15 heteroatoms. The minimum absolute atomic E-state index is 0.0286. The Morgan fingerprint density at radius 1 is 1.10 bits per heavy atom. The number of sulfonamides is 1. The molecule has 9 nitrogen and oxygen atoms in total. The number of allylic oxidation sites excluding steroid dienone is 4. The second-order valence-electron chi connectivity index (χ2n) is 10.9. The van der Waals surface area contributed by atoms with E-state index in [9.17, 15) is 35.1 Å². The first-order valence-corrected chi connectivity index (χ1v) is 16.3. The number of piperazine rings is 1. The normalized spacial score (nSPS) is 21.1. The van der Waals surface area contributed by atoms with Crippen LogP contribution in [-0.4, -0.2) is 98.8 Å². The maximum Gasteiger partial charge on any atom is 0.421 e. The molecule has 0 radical (unpaired) electrons. The van der Waals surface area contributed by atoms with E-state index in [1.165, 1.54) is 53.0 Å². The maximum absolute atomic E-state index is 13.6. The second-order valence-corrected chi connectivity index (χ2v) is 15.5. The number of alkyl halides is 3. The van der Waals surface area contributed by atoms with Crippen molar-refractivity contribution in [1.82, 2.24) is 12.9 Å². The lowest BCUT2D eigenvalue weighted by atomic mass is 9.95. The molecule has 2 atom stereocenters. The highest BCUT2D eigenvalue weighted by molar-refractivity contribution is 7.96. The molecule has 1 aliphatic carbocycles. The summed E-state index contributed by atoms with van der Waals surface area (Å²) in [5, 5.41) is 10.1. The molecule has 1 aliphatic heterocycles. The highest BCUT2D eigenvalue weighted by Crippen LogP contribution is 2.39. The van der Waals surface area contributed by atoms with E-state index in [-0.39, 0.29) is 54.0 Å². The monoisotopic (exact) mass is 638 g/mol. The van der Waals surface area contributed by atoms with Gasteiger partial charge in [0.25, 0.3) is 10.2 Å². The number of hydrogen-bond acceptors (Lipinski definition) is 7. The molecule has 0 aromatic heterocycles. The van der Waals surface area contributed by atoms with Crippen molar-refractivity contribution in [3.8, 4) is 0 Å². The standard InChI is InChI=1S/C26H37F3N4O5S3/c1-19(2)16-32(41(37,38)30(4)5)18-22-17-31(40(35,36)24-9-7-6-8-23(24)39)14-15-33(22)21-12-10-20(11-13-21)25(3,34)26(27,28)29/h6-7,9-13,19,22,34H,8,14-18H2,1-5H3/t22-,25-/m1/s1. The van der Waals surface area contributed by atoms with Gasteiger partial charge in [-0.05, 0) is 36.6 Å². The van der Waals surface area contributed by atoms with Gasteiger partial charge in [-0.3, -0.25) is 0 Å². The highest BCUT2D eigenvalue weighted by Gasteiger charge is 2.51. The number of rotatable bonds is 10. The zero-order chi connectivity index (χ0) is 31.0. The van der Waals surface area contributed by atoms with Gasteiger partial charge in [0.05, 0.1) is 10.9 Å². The number of nitrogens with zero attached hydrogens (tertiary/aromatic N) is 4. The van der Waals surface area contributed by atoms with Gasteiger partial charge in [0, 0.05) is 63.8 Å². The number of hydrogen-bond donors (Lipinski definition) is 1. The van der Waals surface area contributed by atoms with Gasteiger partial charge in [-0.15, -0.1) is 0 Å². The van der Waals surface area contributed by atoms with E-state index in [2.05, 4.69) is 0 Å². The fourth-order valence-electron chi connectivity index (χ4n) is 4.71. The maximum atomic E-state index is 13.6. The molecule has 0 amide bonds. The van der Waals surface area contributed by atoms with Crippen LogP contribution in [0.1, 0.15) is 32.8 Å². The lowest BCUT2D eigenvalue weighted by Crippen LogP contribution is -2.60. The molecule has 1 N–H and O–H groups in total. The summed E-state index contributed by atoms with van der Waals surface area (Å²) >= 11 is 5.31. The molecule has 1 fully saturated rings. The summed E-state index contributed by atoms with van der Waals surface area (Å²) in [5.41, 5.74) is -2.95. The van der Waals surface area contributed by atoms with E-state index in [1.807, 2.05) is 13.8 Å². The van der Waals surface area contributed by atoms with Crippen molar-refractivity contribution in [1.29, 1.82) is 0 Å². The zero-order valence-electron chi connectivity index (χ0n) is 23.7. The summed E-state index contributed by atoms with van der Waals surface area (Å²) in [5.74, 6) is -0.0398. The van der Waals surface area contributed by atoms with E-state index in [4.69, 9.17) is 12.2 Å². The van der Waals surface area contributed by atoms with Crippen molar-refractivity contribution in [2.24, 2.45) is 5.92 Å². The van der Waals surface area contributed by atoms with Gasteiger partial charge in [-0.25, -0.2) is 8.42 Å². The average Bonchev–Trinajstić information content (AvgIpc) is 2.87. The first-order chi connectivity index (χ1) is 18.8. The van der Waals surface area contributed by atoms with Crippen LogP contribution in [0, 0.1) is 5.92 Å². The van der Waals surface area contributed by atoms with Crippen LogP contribution in [0.2, 0.25) is 0 Å². The first kappa shape index (κ1) is 33.6. The van der Waals surface area contributed by atoms with Crippen LogP contribution in [0.3, 0.4) is 0 Å². The highest BCUT2D eigenvalue weighted by atomic mass is 32.2. The minimum Gasteiger partial charge on any atom is -0.376 e. The third-order valence-electron chi connectivity index (χ3n) is 7.11. The topological polar surface area (TPSA) is 101 Å². The Kier molecular flexibility index (Phi) is 10.2. The van der Waals surface area contributed by atoms with Gasteiger partial charge in [0.15, 0.2) is 5.60 Å². The molecule has 3 rings (SSSR count). The minimum atomic E-state index is -4.89. The molecular weight excluding hydrogens is 602 g/mol. The number of anilines is 1. The Balaban J connectivity index is 2.02. The van der Waals surface area contributed by atoms with Crippen molar-refractivity contribution in [3.63, 3.8) is 0 Å². The van der Waals surface area contributed by atoms with Gasteiger partial charge in [0.1, 0.15) is 0 Å². The molecule has 0 unspecified atom stereocenters. The van der Waals surface area contributed by atoms with Gasteiger partial charge in [-0.2, -0.15) is 34.5 Å². The number of aliphatic hydroxyl groups is 1. The Labute approximate surface area is 246 Å². The fourth-order valence-corrected chi connectivity index (χ4v) is 8.09. The Morgan fingerprint density at radius 2 is 1.71 bits per heavy atom. The van der Waals surface area contributed by atoms with Gasteiger partial charge in [-0.1, -0.05) is 50.4 Å². The molecule has 230 valence electrons. The van der Waals surface area contributed by atoms with E-state index in [0.29, 0.717) is 19.0 Å². The molecule has 41 heavy (non-hydrogen) atoms. The molecule has 1 saturated heterocycles. The SMILES string of the molecule is CC(C)CN(C[C@H]1CN(S(=O)(=O)C2=CC=CCC2=S)CCN1c1ccc([C@@](C)(O)C(F)(F)F)cc1)S(=O)(=O)N(C)C. The predicted molar refractivity (Wildman–Crippen MR) is 157 cm³/mol. The average molecular weight is 639 g/mol. The van der Waals surface area contributed by atoms with Crippen LogP contribution in [0.4, 0.5) is 18.9 Å². The smallest absolute Gasteiger partial charge is 0.376 e. The summed E-state index contributed by atoms with van der Waals surface area (Å²) in [6.45, 7) is 4.61. The molecule has 0 bridgehead atoms. The molecule has 0 spiro atoms. The van der Waals surface area contributed by atoms with Crippen molar-refractivity contribution >= 4 is 43.0 Å². The fraction of sp³-hybridized carbons (Fsp3) is 0.577. The quantitative estimate of drug-likeness (QED) is 0.393. The second kappa shape index (κ2) is 12.4. The molecule has 0 saturated carbocycles. The Hall–Kier alpha value is -1.88. The lowest BCUT2D eigenvalue weighted by Gasteiger charge is -2.44. The van der Waals surface area contributed by atoms with E-state index >= 15 is 0 Å². The van der Waals surface area contributed by atoms with Crippen LogP contribution >= 0.6 is 12.2 Å². The van der Waals surface area contributed by atoms with Crippen molar-refractivity contribution in [3.05, 3.63) is 53.0 Å². The molecule has 1 aromatic rings. The van der Waals surface area contributed by atoms with Crippen LogP contribution in [0.25, 0.3) is 0 Å². The lowest BCUT2D eigenvalue weighted by molar-refractivity contribution is -0.258. The Morgan fingerprint density at radius 3 is 2.22 bits per heavy atom. The van der Waals surface area contributed by atoms with E-state index < -0.39 is 38.1 Å². The van der Waals surface area contributed by atoms with Crippen LogP contribution in [-0.2, 0) is 25.8 Å². The molecule has 1 aromatic carbocycles. The van der Waals surface area contributed by atoms with Gasteiger partial charge in [0.2, 0.25) is 10.0 Å². The van der Waals surface area contributed by atoms with Crippen molar-refractivity contribution < 1.29 is 35.1 Å². The van der Waals surface area contributed by atoms with Gasteiger partial charge < -0.3 is 10.0 Å². The molecule has 1 heterocycles. The largest absolute Gasteiger partial charge is 0.421 e. The first-order valence-electron chi connectivity index (χ1n) is 13.0. The van der Waals surface area contributed by atoms with E-state index in [1.54, 1.807) is 17.1 Å². The number of benzene rings is 1. The summed E-state index contributed by atoms with van der Waals surface area (Å²) in [6, 6.07) is 4.49. The van der Waals surface area contributed by atoms with Gasteiger partial charge >= 0.3 is 6.18 Å². The number of thiocarbonyl (C=S) groups is 1. The van der Waals surface area contributed by atoms with Crippen LogP contribution < -0.4 is 4.90 Å². The summed E-state index contributed by atoms with van der Waals surface area (Å²) < 4.78 is 97.5. The predicted octanol–water partition coefficient (Wildman–Crippen LogP) is 3.25. The summed E-state index contributed by atoms with van der Waals surface area (Å²) in [7, 11) is -5.06. The Bertz CT molecular complexity index is 1390. The van der Waals surface area contributed by atoms with Crippen molar-refractivity contribution in [2.45, 2.75) is 45.0 Å². The molecular formula is C26H37F3N4O5S3. The summed E-state index contributed by atoms with van der Waals surface area (Å²) in [4.78, 5) is 2.11. The number of halogens is 3. The van der Waals surface area contributed by atoms with Crippen LogP contribution in [0.5, 0.6) is 0 Å². The van der Waals surface area contributed by atoms with Crippen LogP contribution in [0.15, 0.2) is 47.4 Å². The summed E-state index contributed by atoms with van der Waals surface area (Å²) in [6.07, 6.45) is 0.272. The third kappa shape index (κ3) is 7.20. The van der Waals surface area contributed by atoms with E-state index in [0.717, 1.165) is 4.31 Å².